The molecule has 3 nitrogen and oxygen atoms in total. The topological polar surface area (TPSA) is 32.3 Å². The van der Waals surface area contributed by atoms with Crippen molar-refractivity contribution in [3.8, 4) is 0 Å². The molecule has 2 aliphatic rings. The highest BCUT2D eigenvalue weighted by Gasteiger charge is 2.40. The van der Waals surface area contributed by atoms with Crippen molar-refractivity contribution in [3.05, 3.63) is 35.9 Å². The van der Waals surface area contributed by atoms with Crippen LogP contribution in [0.25, 0.3) is 0 Å². The van der Waals surface area contributed by atoms with Crippen LogP contribution >= 0.6 is 0 Å². The standard InChI is InChI=1S/C14H18N2O/c17-13(12-4-2-1-3-5-12)16-8-6-14(7-9-16)10-15-11-14/h1-5,15H,6-11H2. The van der Waals surface area contributed by atoms with Gasteiger partial charge in [0.05, 0.1) is 0 Å². The number of carbonyl (C=O) groups is 1. The molecule has 0 aromatic heterocycles. The zero-order chi connectivity index (χ0) is 11.7. The maximum absolute atomic E-state index is 12.2. The number of likely N-dealkylation sites (tertiary alicyclic amines) is 1. The van der Waals surface area contributed by atoms with Crippen LogP contribution in [0.2, 0.25) is 0 Å². The summed E-state index contributed by atoms with van der Waals surface area (Å²) in [5.41, 5.74) is 1.32. The minimum absolute atomic E-state index is 0.188. The van der Waals surface area contributed by atoms with Crippen LogP contribution in [0, 0.1) is 5.41 Å². The van der Waals surface area contributed by atoms with Crippen LogP contribution in [-0.2, 0) is 0 Å². The van der Waals surface area contributed by atoms with Gasteiger partial charge in [0.1, 0.15) is 0 Å². The molecular formula is C14H18N2O. The molecule has 0 atom stereocenters. The summed E-state index contributed by atoms with van der Waals surface area (Å²) in [5, 5.41) is 3.34. The Morgan fingerprint density at radius 3 is 2.29 bits per heavy atom. The predicted molar refractivity (Wildman–Crippen MR) is 66.9 cm³/mol. The Labute approximate surface area is 102 Å². The van der Waals surface area contributed by atoms with E-state index < -0.39 is 0 Å². The van der Waals surface area contributed by atoms with Crippen molar-refractivity contribution < 1.29 is 4.79 Å². The van der Waals surface area contributed by atoms with E-state index >= 15 is 0 Å². The molecule has 90 valence electrons. The summed E-state index contributed by atoms with van der Waals surface area (Å²) in [7, 11) is 0. The molecule has 0 saturated carbocycles. The molecule has 1 amide bonds. The van der Waals surface area contributed by atoms with E-state index in [1.54, 1.807) is 0 Å². The van der Waals surface area contributed by atoms with Crippen LogP contribution < -0.4 is 5.32 Å². The molecule has 1 N–H and O–H groups in total. The summed E-state index contributed by atoms with van der Waals surface area (Å²) in [5.74, 6) is 0.188. The number of hydrogen-bond donors (Lipinski definition) is 1. The fourth-order valence-corrected chi connectivity index (χ4v) is 2.78. The van der Waals surface area contributed by atoms with Gasteiger partial charge < -0.3 is 10.2 Å². The van der Waals surface area contributed by atoms with Gasteiger partial charge in [0.25, 0.3) is 5.91 Å². The third-order valence-electron chi connectivity index (χ3n) is 4.13. The highest BCUT2D eigenvalue weighted by Crippen LogP contribution is 2.35. The summed E-state index contributed by atoms with van der Waals surface area (Å²) >= 11 is 0. The third kappa shape index (κ3) is 1.95. The van der Waals surface area contributed by atoms with Crippen molar-refractivity contribution >= 4 is 5.91 Å². The Kier molecular flexibility index (Phi) is 2.63. The predicted octanol–water partition coefficient (Wildman–Crippen LogP) is 1.51. The van der Waals surface area contributed by atoms with E-state index in [1.165, 1.54) is 0 Å². The lowest BCUT2D eigenvalue weighted by Gasteiger charge is -2.48. The van der Waals surface area contributed by atoms with Gasteiger partial charge >= 0.3 is 0 Å². The van der Waals surface area contributed by atoms with Crippen LogP contribution in [0.4, 0.5) is 0 Å². The van der Waals surface area contributed by atoms with Crippen LogP contribution in [-0.4, -0.2) is 37.0 Å². The van der Waals surface area contributed by atoms with E-state index in [-0.39, 0.29) is 5.91 Å². The maximum atomic E-state index is 12.2. The number of amides is 1. The molecule has 2 saturated heterocycles. The average Bonchev–Trinajstić information content (AvgIpc) is 2.37. The van der Waals surface area contributed by atoms with E-state index in [4.69, 9.17) is 0 Å². The molecule has 0 aliphatic carbocycles. The monoisotopic (exact) mass is 230 g/mol. The Morgan fingerprint density at radius 1 is 1.12 bits per heavy atom. The second-order valence-corrected chi connectivity index (χ2v) is 5.26. The number of rotatable bonds is 1. The van der Waals surface area contributed by atoms with Crippen molar-refractivity contribution in [3.63, 3.8) is 0 Å². The second kappa shape index (κ2) is 4.15. The lowest BCUT2D eigenvalue weighted by atomic mass is 9.73. The van der Waals surface area contributed by atoms with Gasteiger partial charge in [-0.05, 0) is 30.4 Å². The minimum Gasteiger partial charge on any atom is -0.339 e. The lowest BCUT2D eigenvalue weighted by molar-refractivity contribution is 0.0415. The molecule has 3 heteroatoms. The van der Waals surface area contributed by atoms with Crippen molar-refractivity contribution in [2.45, 2.75) is 12.8 Å². The number of nitrogens with one attached hydrogen (secondary N) is 1. The molecule has 17 heavy (non-hydrogen) atoms. The zero-order valence-corrected chi connectivity index (χ0v) is 9.98. The van der Waals surface area contributed by atoms with Gasteiger partial charge in [0.2, 0.25) is 0 Å². The molecule has 2 heterocycles. The number of hydrogen-bond acceptors (Lipinski definition) is 2. The van der Waals surface area contributed by atoms with Gasteiger partial charge in [-0.2, -0.15) is 0 Å². The Morgan fingerprint density at radius 2 is 1.76 bits per heavy atom. The summed E-state index contributed by atoms with van der Waals surface area (Å²) in [6, 6.07) is 9.60. The summed E-state index contributed by atoms with van der Waals surface area (Å²) in [6.45, 7) is 4.10. The van der Waals surface area contributed by atoms with Gasteiger partial charge in [-0.1, -0.05) is 18.2 Å². The van der Waals surface area contributed by atoms with Crippen molar-refractivity contribution in [1.82, 2.24) is 10.2 Å². The number of benzene rings is 1. The first-order chi connectivity index (χ1) is 8.29. The molecule has 0 unspecified atom stereocenters. The Balaban J connectivity index is 1.65. The Hall–Kier alpha value is -1.35. The molecule has 1 spiro atoms. The van der Waals surface area contributed by atoms with Crippen LogP contribution in [0.1, 0.15) is 23.2 Å². The first-order valence-electron chi connectivity index (χ1n) is 6.34. The summed E-state index contributed by atoms with van der Waals surface area (Å²) in [4.78, 5) is 14.2. The summed E-state index contributed by atoms with van der Waals surface area (Å²) < 4.78 is 0. The first-order valence-corrected chi connectivity index (χ1v) is 6.34. The molecule has 2 aliphatic heterocycles. The molecule has 0 radical (unpaired) electrons. The molecule has 2 fully saturated rings. The molecule has 0 bridgehead atoms. The smallest absolute Gasteiger partial charge is 0.253 e. The highest BCUT2D eigenvalue weighted by atomic mass is 16.2. The number of piperidine rings is 1. The zero-order valence-electron chi connectivity index (χ0n) is 9.98. The van der Waals surface area contributed by atoms with E-state index in [2.05, 4.69) is 5.32 Å². The SMILES string of the molecule is O=C(c1ccccc1)N1CCC2(CC1)CNC2. The summed E-state index contributed by atoms with van der Waals surface area (Å²) in [6.07, 6.45) is 2.30. The van der Waals surface area contributed by atoms with Gasteiger partial charge in [0, 0.05) is 31.7 Å². The second-order valence-electron chi connectivity index (χ2n) is 5.26. The normalized spacial score (nSPS) is 22.2. The average molecular weight is 230 g/mol. The minimum atomic E-state index is 0.188. The van der Waals surface area contributed by atoms with E-state index in [1.807, 2.05) is 35.2 Å². The molecule has 3 rings (SSSR count). The maximum Gasteiger partial charge on any atom is 0.253 e. The van der Waals surface area contributed by atoms with Crippen molar-refractivity contribution in [1.29, 1.82) is 0 Å². The fraction of sp³-hybridized carbons (Fsp3) is 0.500. The largest absolute Gasteiger partial charge is 0.339 e. The first kappa shape index (κ1) is 10.8. The third-order valence-corrected chi connectivity index (χ3v) is 4.13. The number of carbonyl (C=O) groups excluding carboxylic acids is 1. The van der Waals surface area contributed by atoms with Gasteiger partial charge in [-0.15, -0.1) is 0 Å². The quantitative estimate of drug-likeness (QED) is 0.793. The van der Waals surface area contributed by atoms with Crippen LogP contribution in [0.3, 0.4) is 0 Å². The van der Waals surface area contributed by atoms with E-state index in [0.717, 1.165) is 44.6 Å². The highest BCUT2D eigenvalue weighted by molar-refractivity contribution is 5.94. The van der Waals surface area contributed by atoms with Crippen LogP contribution in [0.5, 0.6) is 0 Å². The van der Waals surface area contributed by atoms with Crippen molar-refractivity contribution in [2.75, 3.05) is 26.2 Å². The lowest BCUT2D eigenvalue weighted by Crippen LogP contribution is -2.58. The van der Waals surface area contributed by atoms with Crippen LogP contribution in [0.15, 0.2) is 30.3 Å². The van der Waals surface area contributed by atoms with E-state index in [0.29, 0.717) is 5.41 Å². The van der Waals surface area contributed by atoms with Gasteiger partial charge in [0.15, 0.2) is 0 Å². The van der Waals surface area contributed by atoms with Gasteiger partial charge in [-0.3, -0.25) is 4.79 Å². The number of nitrogens with zero attached hydrogens (tertiary/aromatic N) is 1. The molecular weight excluding hydrogens is 212 g/mol. The van der Waals surface area contributed by atoms with Gasteiger partial charge in [-0.25, -0.2) is 0 Å². The van der Waals surface area contributed by atoms with Crippen molar-refractivity contribution in [2.24, 2.45) is 5.41 Å². The fourth-order valence-electron chi connectivity index (χ4n) is 2.78. The molecule has 1 aromatic rings. The molecule has 1 aromatic carbocycles. The van der Waals surface area contributed by atoms with E-state index in [9.17, 15) is 4.79 Å². The Bertz CT molecular complexity index is 401.